The number of anilines is 1. The van der Waals surface area contributed by atoms with Gasteiger partial charge >= 0.3 is 5.69 Å². The smallest absolute Gasteiger partial charge is 0.332 e. The Labute approximate surface area is 207 Å². The topological polar surface area (TPSA) is 89.6 Å². The summed E-state index contributed by atoms with van der Waals surface area (Å²) in [5.41, 5.74) is 0.971. The molecular formula is C22H28ClN7O3S. The van der Waals surface area contributed by atoms with E-state index in [1.165, 1.54) is 11.6 Å². The molecule has 0 aliphatic carbocycles. The van der Waals surface area contributed by atoms with Gasteiger partial charge in [0.1, 0.15) is 0 Å². The first-order valence-corrected chi connectivity index (χ1v) is 11.8. The third kappa shape index (κ3) is 4.68. The average Bonchev–Trinajstić information content (AvgIpc) is 3.22. The van der Waals surface area contributed by atoms with Gasteiger partial charge in [-0.1, -0.05) is 23.7 Å². The Balaban J connectivity index is 1.68. The van der Waals surface area contributed by atoms with Crippen molar-refractivity contribution in [1.29, 1.82) is 0 Å². The van der Waals surface area contributed by atoms with E-state index in [-0.39, 0.29) is 5.56 Å². The zero-order valence-electron chi connectivity index (χ0n) is 19.5. The van der Waals surface area contributed by atoms with Crippen LogP contribution in [0.4, 0.5) is 5.95 Å². The van der Waals surface area contributed by atoms with Gasteiger partial charge in [-0.15, -0.1) is 0 Å². The van der Waals surface area contributed by atoms with Crippen molar-refractivity contribution in [3.63, 3.8) is 0 Å². The number of nitrogens with zero attached hydrogens (tertiary/aromatic N) is 6. The standard InChI is InChI=1S/C22H28ClN7O3S/c1-26-18-17(19(31)27(2)22(26)32)30(14-15-4-6-16(23)7-5-15)20(25-18)28-9-11-29(12-10-28)21(34)24-8-13-33-3/h4-7H,8-14H2,1-3H3,(H,24,34). The van der Waals surface area contributed by atoms with Crippen molar-refractivity contribution in [3.05, 3.63) is 55.7 Å². The van der Waals surface area contributed by atoms with E-state index in [1.54, 1.807) is 14.2 Å². The highest BCUT2D eigenvalue weighted by Gasteiger charge is 2.26. The normalized spacial score (nSPS) is 14.1. The first kappa shape index (κ1) is 24.2. The van der Waals surface area contributed by atoms with Gasteiger partial charge in [0, 0.05) is 59.0 Å². The molecule has 12 heteroatoms. The number of fused-ring (bicyclic) bond motifs is 1. The van der Waals surface area contributed by atoms with Crippen LogP contribution in [0, 0.1) is 0 Å². The molecule has 0 spiro atoms. The second-order valence-corrected chi connectivity index (χ2v) is 9.02. The monoisotopic (exact) mass is 505 g/mol. The van der Waals surface area contributed by atoms with Crippen LogP contribution in [0.15, 0.2) is 33.9 Å². The first-order chi connectivity index (χ1) is 16.3. The van der Waals surface area contributed by atoms with Gasteiger partial charge in [0.05, 0.1) is 13.2 Å². The number of aromatic nitrogens is 4. The van der Waals surface area contributed by atoms with Gasteiger partial charge < -0.3 is 19.9 Å². The molecule has 1 aromatic carbocycles. The molecule has 0 amide bonds. The molecule has 2 aromatic heterocycles. The predicted octanol–water partition coefficient (Wildman–Crippen LogP) is 0.778. The molecule has 34 heavy (non-hydrogen) atoms. The van der Waals surface area contributed by atoms with Crippen LogP contribution in [0.25, 0.3) is 11.2 Å². The number of hydrogen-bond donors (Lipinski definition) is 1. The van der Waals surface area contributed by atoms with Gasteiger partial charge in [0.2, 0.25) is 5.95 Å². The molecule has 182 valence electrons. The number of ether oxygens (including phenoxy) is 1. The molecule has 3 aromatic rings. The van der Waals surface area contributed by atoms with Crippen molar-refractivity contribution < 1.29 is 4.74 Å². The lowest BCUT2D eigenvalue weighted by molar-refractivity contribution is 0.202. The van der Waals surface area contributed by atoms with Crippen molar-refractivity contribution >= 4 is 46.0 Å². The fraction of sp³-hybridized carbons (Fsp3) is 0.455. The SMILES string of the molecule is COCCNC(=S)N1CCN(c2nc3c(c(=O)n(C)c(=O)n3C)n2Cc2ccc(Cl)cc2)CC1. The summed E-state index contributed by atoms with van der Waals surface area (Å²) in [7, 11) is 4.78. The molecule has 4 rings (SSSR count). The van der Waals surface area contributed by atoms with Gasteiger partial charge in [-0.05, 0) is 29.9 Å². The van der Waals surface area contributed by atoms with E-state index >= 15 is 0 Å². The summed E-state index contributed by atoms with van der Waals surface area (Å²) in [5.74, 6) is 0.654. The Kier molecular flexibility index (Phi) is 7.24. The van der Waals surface area contributed by atoms with Crippen LogP contribution >= 0.6 is 23.8 Å². The zero-order valence-corrected chi connectivity index (χ0v) is 21.0. The maximum absolute atomic E-state index is 13.1. The number of piperazine rings is 1. The van der Waals surface area contributed by atoms with Crippen LogP contribution in [0.1, 0.15) is 5.56 Å². The highest BCUT2D eigenvalue weighted by Crippen LogP contribution is 2.23. The summed E-state index contributed by atoms with van der Waals surface area (Å²) in [6.07, 6.45) is 0. The molecule has 10 nitrogen and oxygen atoms in total. The van der Waals surface area contributed by atoms with E-state index < -0.39 is 5.69 Å². The summed E-state index contributed by atoms with van der Waals surface area (Å²) >= 11 is 11.6. The van der Waals surface area contributed by atoms with Crippen LogP contribution < -0.4 is 21.5 Å². The third-order valence-electron chi connectivity index (χ3n) is 6.01. The minimum atomic E-state index is -0.405. The van der Waals surface area contributed by atoms with Crippen LogP contribution in [0.3, 0.4) is 0 Å². The summed E-state index contributed by atoms with van der Waals surface area (Å²) in [4.78, 5) is 34.7. The quantitative estimate of drug-likeness (QED) is 0.388. The average molecular weight is 506 g/mol. The second-order valence-electron chi connectivity index (χ2n) is 8.20. The van der Waals surface area contributed by atoms with E-state index in [1.807, 2.05) is 28.8 Å². The number of aryl methyl sites for hydroxylation is 1. The maximum Gasteiger partial charge on any atom is 0.332 e. The molecule has 1 aliphatic heterocycles. The van der Waals surface area contributed by atoms with Gasteiger partial charge in [0.15, 0.2) is 16.3 Å². The van der Waals surface area contributed by atoms with Crippen LogP contribution in [0.2, 0.25) is 5.02 Å². The molecule has 0 radical (unpaired) electrons. The second kappa shape index (κ2) is 10.2. The molecule has 1 aliphatic rings. The lowest BCUT2D eigenvalue weighted by Crippen LogP contribution is -2.52. The highest BCUT2D eigenvalue weighted by atomic mass is 35.5. The van der Waals surface area contributed by atoms with Gasteiger partial charge in [-0.25, -0.2) is 4.79 Å². The molecule has 1 fully saturated rings. The van der Waals surface area contributed by atoms with Crippen molar-refractivity contribution in [2.45, 2.75) is 6.54 Å². The summed E-state index contributed by atoms with van der Waals surface area (Å²) in [6, 6.07) is 7.48. The molecule has 1 saturated heterocycles. The first-order valence-electron chi connectivity index (χ1n) is 11.0. The van der Waals surface area contributed by atoms with Crippen molar-refractivity contribution in [3.8, 4) is 0 Å². The Morgan fingerprint density at radius 2 is 1.79 bits per heavy atom. The molecule has 0 saturated carbocycles. The van der Waals surface area contributed by atoms with Crippen molar-refractivity contribution in [1.82, 2.24) is 28.9 Å². The number of halogens is 1. The zero-order chi connectivity index (χ0) is 24.4. The van der Waals surface area contributed by atoms with Crippen LogP contribution in [0.5, 0.6) is 0 Å². The predicted molar refractivity (Wildman–Crippen MR) is 137 cm³/mol. The molecular weight excluding hydrogens is 478 g/mol. The number of nitrogens with one attached hydrogen (secondary N) is 1. The summed E-state index contributed by atoms with van der Waals surface area (Å²) in [5, 5.41) is 4.54. The Bertz CT molecular complexity index is 1310. The molecule has 0 bridgehead atoms. The minimum absolute atomic E-state index is 0.368. The van der Waals surface area contributed by atoms with Gasteiger partial charge in [0.25, 0.3) is 5.56 Å². The van der Waals surface area contributed by atoms with E-state index in [2.05, 4.69) is 15.1 Å². The van der Waals surface area contributed by atoms with E-state index in [0.717, 1.165) is 10.1 Å². The highest BCUT2D eigenvalue weighted by molar-refractivity contribution is 7.80. The molecule has 0 unspecified atom stereocenters. The molecule has 1 N–H and O–H groups in total. The number of benzene rings is 1. The van der Waals surface area contributed by atoms with Crippen molar-refractivity contribution in [2.24, 2.45) is 14.1 Å². The lowest BCUT2D eigenvalue weighted by Gasteiger charge is -2.36. The van der Waals surface area contributed by atoms with Crippen LogP contribution in [-0.2, 0) is 25.4 Å². The van der Waals surface area contributed by atoms with E-state index in [0.29, 0.717) is 73.1 Å². The lowest BCUT2D eigenvalue weighted by atomic mass is 10.2. The molecule has 0 atom stereocenters. The number of methoxy groups -OCH3 is 1. The molecule has 3 heterocycles. The number of imidazole rings is 1. The Hall–Kier alpha value is -2.89. The maximum atomic E-state index is 13.1. The largest absolute Gasteiger partial charge is 0.383 e. The van der Waals surface area contributed by atoms with E-state index in [4.69, 9.17) is 33.5 Å². The van der Waals surface area contributed by atoms with Gasteiger partial charge in [-0.2, -0.15) is 4.98 Å². The Morgan fingerprint density at radius 3 is 2.44 bits per heavy atom. The number of rotatable bonds is 6. The van der Waals surface area contributed by atoms with Gasteiger partial charge in [-0.3, -0.25) is 18.5 Å². The summed E-state index contributed by atoms with van der Waals surface area (Å²) < 4.78 is 9.50. The Morgan fingerprint density at radius 1 is 1.12 bits per heavy atom. The van der Waals surface area contributed by atoms with Crippen molar-refractivity contribution in [2.75, 3.05) is 51.3 Å². The van der Waals surface area contributed by atoms with Crippen LogP contribution in [-0.4, -0.2) is 75.1 Å². The minimum Gasteiger partial charge on any atom is -0.383 e. The van der Waals surface area contributed by atoms with E-state index in [9.17, 15) is 9.59 Å². The fourth-order valence-corrected chi connectivity index (χ4v) is 4.49. The summed E-state index contributed by atoms with van der Waals surface area (Å²) in [6.45, 7) is 4.42. The number of thiocarbonyl (C=S) groups is 1. The fourth-order valence-electron chi connectivity index (χ4n) is 4.08. The third-order valence-corrected chi connectivity index (χ3v) is 6.67. The number of hydrogen-bond acceptors (Lipinski definition) is 6.